The number of hydrogen-bond acceptors (Lipinski definition) is 5. The summed E-state index contributed by atoms with van der Waals surface area (Å²) in [6.07, 6.45) is 3.05. The van der Waals surface area contributed by atoms with Gasteiger partial charge in [-0.15, -0.1) is 0 Å². The van der Waals surface area contributed by atoms with Gasteiger partial charge in [0.2, 0.25) is 0 Å². The number of hydrogen-bond donors (Lipinski definition) is 0. The molecular weight excluding hydrogens is 282 g/mol. The van der Waals surface area contributed by atoms with E-state index in [4.69, 9.17) is 9.47 Å². The Hall–Kier alpha value is -1.10. The monoisotopic (exact) mass is 309 g/mol. The largest absolute Gasteiger partial charge is 0.458 e. The lowest BCUT2D eigenvalue weighted by molar-refractivity contribution is -0.251. The van der Waals surface area contributed by atoms with Crippen LogP contribution in [0.15, 0.2) is 0 Å². The van der Waals surface area contributed by atoms with Crippen LogP contribution in [-0.4, -0.2) is 48.7 Å². The van der Waals surface area contributed by atoms with Crippen LogP contribution in [0.4, 0.5) is 0 Å². The van der Waals surface area contributed by atoms with Crippen LogP contribution in [0.5, 0.6) is 0 Å². The fourth-order valence-corrected chi connectivity index (χ4v) is 4.71. The van der Waals surface area contributed by atoms with E-state index in [1.54, 1.807) is 0 Å². The van der Waals surface area contributed by atoms with Crippen molar-refractivity contribution in [3.8, 4) is 0 Å². The average molecular weight is 309 g/mol. The van der Waals surface area contributed by atoms with Crippen LogP contribution in [0.3, 0.4) is 0 Å². The first kappa shape index (κ1) is 15.8. The van der Waals surface area contributed by atoms with E-state index in [-0.39, 0.29) is 23.8 Å². The van der Waals surface area contributed by atoms with Crippen LogP contribution in [-0.2, 0) is 19.1 Å². The van der Waals surface area contributed by atoms with Gasteiger partial charge in [-0.3, -0.25) is 9.59 Å². The molecule has 4 unspecified atom stereocenters. The molecule has 0 aromatic heterocycles. The standard InChI is InChI=1S/C17H27NO4/c1-15(2)11-6-7-16(3)10-12(11)17(13(19)21-15,14(20)22-16)8-9-18(4)5/h11-12H,6-10H2,1-5H3. The molecule has 3 aliphatic rings. The second-order valence-electron chi connectivity index (χ2n) is 8.31. The van der Waals surface area contributed by atoms with E-state index in [0.717, 1.165) is 19.3 Å². The third-order valence-electron chi connectivity index (χ3n) is 6.02. The zero-order valence-electron chi connectivity index (χ0n) is 14.3. The topological polar surface area (TPSA) is 55.8 Å². The van der Waals surface area contributed by atoms with Crippen molar-refractivity contribution in [2.24, 2.45) is 17.3 Å². The highest BCUT2D eigenvalue weighted by Gasteiger charge is 2.69. The van der Waals surface area contributed by atoms with Crippen LogP contribution >= 0.6 is 0 Å². The summed E-state index contributed by atoms with van der Waals surface area (Å²) in [7, 11) is 3.90. The molecule has 124 valence electrons. The van der Waals surface area contributed by atoms with Gasteiger partial charge in [0.1, 0.15) is 11.2 Å². The zero-order chi connectivity index (χ0) is 16.3. The Labute approximate surface area is 132 Å². The van der Waals surface area contributed by atoms with Crippen molar-refractivity contribution in [2.75, 3.05) is 20.6 Å². The van der Waals surface area contributed by atoms with Crippen molar-refractivity contribution < 1.29 is 19.1 Å². The number of fused-ring (bicyclic) bond motifs is 1. The lowest BCUT2D eigenvalue weighted by Gasteiger charge is -2.60. The third-order valence-corrected chi connectivity index (χ3v) is 6.02. The van der Waals surface area contributed by atoms with E-state index in [0.29, 0.717) is 13.0 Å². The number of rotatable bonds is 3. The fourth-order valence-electron chi connectivity index (χ4n) is 4.71. The van der Waals surface area contributed by atoms with E-state index in [1.165, 1.54) is 0 Å². The molecule has 3 fully saturated rings. The maximum atomic E-state index is 12.8. The van der Waals surface area contributed by atoms with Gasteiger partial charge >= 0.3 is 11.9 Å². The maximum Gasteiger partial charge on any atom is 0.324 e. The highest BCUT2D eigenvalue weighted by atomic mass is 16.6. The van der Waals surface area contributed by atoms with Crippen LogP contribution in [0.1, 0.15) is 46.5 Å². The molecular formula is C17H27NO4. The molecule has 22 heavy (non-hydrogen) atoms. The summed E-state index contributed by atoms with van der Waals surface area (Å²) in [6, 6.07) is 0. The normalized spacial score (nSPS) is 42.8. The number of cyclic esters (lactones) is 1. The smallest absolute Gasteiger partial charge is 0.324 e. The Balaban J connectivity index is 2.04. The third kappa shape index (κ3) is 2.08. The van der Waals surface area contributed by atoms with Gasteiger partial charge in [0.05, 0.1) is 0 Å². The molecule has 3 rings (SSSR count). The van der Waals surface area contributed by atoms with Gasteiger partial charge in [-0.05, 0) is 73.0 Å². The van der Waals surface area contributed by atoms with Crippen LogP contribution in [0.25, 0.3) is 0 Å². The lowest BCUT2D eigenvalue weighted by Crippen LogP contribution is -2.68. The Morgan fingerprint density at radius 1 is 1.09 bits per heavy atom. The Morgan fingerprint density at radius 2 is 1.73 bits per heavy atom. The Kier molecular flexibility index (Phi) is 3.37. The van der Waals surface area contributed by atoms with Crippen molar-refractivity contribution in [1.29, 1.82) is 0 Å². The SMILES string of the molecule is CN(C)CCC12C(=O)OC3(C)CCC(C1C3)C(C)(C)OC2=O. The maximum absolute atomic E-state index is 12.8. The van der Waals surface area contributed by atoms with Crippen molar-refractivity contribution in [3.63, 3.8) is 0 Å². The molecule has 0 aromatic carbocycles. The second-order valence-corrected chi connectivity index (χ2v) is 8.31. The van der Waals surface area contributed by atoms with Crippen LogP contribution in [0, 0.1) is 17.3 Å². The number of carbonyl (C=O) groups excluding carboxylic acids is 2. The van der Waals surface area contributed by atoms with Crippen LogP contribution in [0.2, 0.25) is 0 Å². The zero-order valence-corrected chi connectivity index (χ0v) is 14.3. The van der Waals surface area contributed by atoms with Gasteiger partial charge in [-0.25, -0.2) is 0 Å². The first-order valence-corrected chi connectivity index (χ1v) is 8.22. The highest BCUT2D eigenvalue weighted by Crippen LogP contribution is 2.60. The lowest BCUT2D eigenvalue weighted by atomic mass is 9.53. The first-order valence-electron chi connectivity index (χ1n) is 8.22. The van der Waals surface area contributed by atoms with Gasteiger partial charge in [-0.2, -0.15) is 0 Å². The predicted octanol–water partition coefficient (Wildman–Crippen LogP) is 1.99. The molecule has 0 aromatic rings. The average Bonchev–Trinajstić information content (AvgIpc) is 2.35. The molecule has 2 bridgehead atoms. The molecule has 2 saturated heterocycles. The summed E-state index contributed by atoms with van der Waals surface area (Å²) in [5, 5.41) is 0. The van der Waals surface area contributed by atoms with Gasteiger partial charge < -0.3 is 14.4 Å². The van der Waals surface area contributed by atoms with Gasteiger partial charge in [0, 0.05) is 5.92 Å². The van der Waals surface area contributed by atoms with E-state index in [9.17, 15) is 9.59 Å². The Bertz CT molecular complexity index is 505. The molecule has 5 nitrogen and oxygen atoms in total. The van der Waals surface area contributed by atoms with Gasteiger partial charge in [0.15, 0.2) is 5.41 Å². The van der Waals surface area contributed by atoms with E-state index in [1.807, 2.05) is 39.8 Å². The summed E-state index contributed by atoms with van der Waals surface area (Å²) >= 11 is 0. The molecule has 0 spiro atoms. The number of nitrogens with zero attached hydrogens (tertiary/aromatic N) is 1. The van der Waals surface area contributed by atoms with Crippen molar-refractivity contribution in [1.82, 2.24) is 4.90 Å². The molecule has 1 aliphatic carbocycles. The molecule has 1 saturated carbocycles. The van der Waals surface area contributed by atoms with Crippen molar-refractivity contribution in [3.05, 3.63) is 0 Å². The minimum Gasteiger partial charge on any atom is -0.458 e. The van der Waals surface area contributed by atoms with Gasteiger partial charge in [-0.1, -0.05) is 0 Å². The second kappa shape index (κ2) is 4.70. The molecule has 5 heteroatoms. The predicted molar refractivity (Wildman–Crippen MR) is 81.1 cm³/mol. The molecule has 0 radical (unpaired) electrons. The Morgan fingerprint density at radius 3 is 2.36 bits per heavy atom. The summed E-state index contributed by atoms with van der Waals surface area (Å²) < 4.78 is 11.5. The molecule has 0 amide bonds. The minimum atomic E-state index is -1.11. The van der Waals surface area contributed by atoms with E-state index < -0.39 is 16.6 Å². The number of ether oxygens (including phenoxy) is 2. The molecule has 4 atom stereocenters. The van der Waals surface area contributed by atoms with Gasteiger partial charge in [0.25, 0.3) is 0 Å². The van der Waals surface area contributed by atoms with Crippen molar-refractivity contribution >= 4 is 11.9 Å². The highest BCUT2D eigenvalue weighted by molar-refractivity contribution is 6.02. The minimum absolute atomic E-state index is 0.0312. The number of carbonyl (C=O) groups is 2. The summed E-state index contributed by atoms with van der Waals surface area (Å²) in [4.78, 5) is 27.7. The van der Waals surface area contributed by atoms with Crippen LogP contribution < -0.4 is 0 Å². The van der Waals surface area contributed by atoms with E-state index >= 15 is 0 Å². The van der Waals surface area contributed by atoms with E-state index in [2.05, 4.69) is 0 Å². The van der Waals surface area contributed by atoms with Crippen molar-refractivity contribution in [2.45, 2.75) is 57.7 Å². The molecule has 2 heterocycles. The summed E-state index contributed by atoms with van der Waals surface area (Å²) in [5.41, 5.74) is -2.01. The number of esters is 2. The first-order chi connectivity index (χ1) is 10.1. The molecule has 0 N–H and O–H groups in total. The summed E-state index contributed by atoms with van der Waals surface area (Å²) in [5.74, 6) is -0.482. The quantitative estimate of drug-likeness (QED) is 0.589. The fraction of sp³-hybridized carbons (Fsp3) is 0.882. The molecule has 2 aliphatic heterocycles. The summed E-state index contributed by atoms with van der Waals surface area (Å²) in [6.45, 7) is 6.64.